The molecule has 0 aromatic heterocycles. The molecule has 0 radical (unpaired) electrons. The molecule has 2 aromatic carbocycles. The number of carbonyl (C=O) groups is 1. The molecule has 4 heteroatoms. The SMILES string of the molecule is Cc1cccc(Cl)c1C(=O)[P+](=O)CCCc1ccccc1. The van der Waals surface area contributed by atoms with E-state index in [0.29, 0.717) is 16.7 Å². The third kappa shape index (κ3) is 4.23. The van der Waals surface area contributed by atoms with Crippen LogP contribution in [0.4, 0.5) is 0 Å². The summed E-state index contributed by atoms with van der Waals surface area (Å²) in [6.07, 6.45) is 1.96. The summed E-state index contributed by atoms with van der Waals surface area (Å²) in [5.74, 6) is 0. The highest BCUT2D eigenvalue weighted by Crippen LogP contribution is 2.33. The molecule has 0 aliphatic carbocycles. The lowest BCUT2D eigenvalue weighted by Gasteiger charge is -2.01. The van der Waals surface area contributed by atoms with Crippen molar-refractivity contribution in [3.8, 4) is 0 Å². The lowest BCUT2D eigenvalue weighted by Crippen LogP contribution is -2.00. The molecule has 2 nitrogen and oxygen atoms in total. The average molecular weight is 320 g/mol. The number of halogens is 1. The van der Waals surface area contributed by atoms with Crippen LogP contribution in [0.3, 0.4) is 0 Å². The molecule has 0 spiro atoms. The molecule has 0 aliphatic heterocycles. The molecule has 0 aliphatic rings. The highest BCUT2D eigenvalue weighted by molar-refractivity contribution is 7.64. The van der Waals surface area contributed by atoms with Crippen LogP contribution in [-0.2, 0) is 11.0 Å². The van der Waals surface area contributed by atoms with E-state index < -0.39 is 7.80 Å². The van der Waals surface area contributed by atoms with Crippen molar-refractivity contribution in [1.29, 1.82) is 0 Å². The van der Waals surface area contributed by atoms with Gasteiger partial charge in [-0.05, 0) is 37.0 Å². The van der Waals surface area contributed by atoms with Gasteiger partial charge in [0.1, 0.15) is 0 Å². The first-order valence-electron chi connectivity index (χ1n) is 6.87. The molecule has 0 amide bonds. The van der Waals surface area contributed by atoms with Gasteiger partial charge in [-0.1, -0.05) is 58.6 Å². The van der Waals surface area contributed by atoms with Gasteiger partial charge in [0, 0.05) is 0 Å². The third-order valence-corrected chi connectivity index (χ3v) is 5.05. The van der Waals surface area contributed by atoms with Crippen LogP contribution in [0.2, 0.25) is 5.02 Å². The average Bonchev–Trinajstić information content (AvgIpc) is 2.48. The second-order valence-electron chi connectivity index (χ2n) is 4.93. The summed E-state index contributed by atoms with van der Waals surface area (Å²) in [4.78, 5) is 12.3. The topological polar surface area (TPSA) is 34.1 Å². The van der Waals surface area contributed by atoms with Gasteiger partial charge in [0.2, 0.25) is 0 Å². The standard InChI is InChI=1S/C17H17ClO2P/c1-13-7-5-11-15(18)16(13)17(19)21(20)12-6-10-14-8-3-2-4-9-14/h2-5,7-9,11H,6,10,12H2,1H3/q+1. The molecule has 0 heterocycles. The van der Waals surface area contributed by atoms with Crippen LogP contribution in [-0.4, -0.2) is 11.7 Å². The van der Waals surface area contributed by atoms with Crippen molar-refractivity contribution in [3.63, 3.8) is 0 Å². The first kappa shape index (κ1) is 15.9. The molecule has 21 heavy (non-hydrogen) atoms. The van der Waals surface area contributed by atoms with Gasteiger partial charge in [0.05, 0.1) is 10.6 Å². The Balaban J connectivity index is 1.96. The van der Waals surface area contributed by atoms with Crippen LogP contribution in [0.1, 0.15) is 27.9 Å². The Morgan fingerprint density at radius 1 is 1.10 bits per heavy atom. The normalized spacial score (nSPS) is 11.2. The summed E-state index contributed by atoms with van der Waals surface area (Å²) in [6, 6.07) is 15.3. The zero-order valence-corrected chi connectivity index (χ0v) is 13.5. The molecular weight excluding hydrogens is 303 g/mol. The molecule has 0 bridgehead atoms. The maximum absolute atomic E-state index is 12.3. The fraction of sp³-hybridized carbons (Fsp3) is 0.235. The second kappa shape index (κ2) is 7.49. The zero-order chi connectivity index (χ0) is 15.2. The van der Waals surface area contributed by atoms with E-state index in [1.807, 2.05) is 43.3 Å². The Morgan fingerprint density at radius 3 is 2.48 bits per heavy atom. The first-order valence-corrected chi connectivity index (χ1v) is 8.70. The minimum Gasteiger partial charge on any atom is -0.234 e. The monoisotopic (exact) mass is 319 g/mol. The van der Waals surface area contributed by atoms with Gasteiger partial charge in [-0.25, -0.2) is 4.79 Å². The number of hydrogen-bond donors (Lipinski definition) is 0. The van der Waals surface area contributed by atoms with Crippen LogP contribution >= 0.6 is 19.4 Å². The van der Waals surface area contributed by atoms with Crippen LogP contribution < -0.4 is 0 Å². The molecule has 0 saturated heterocycles. The number of rotatable bonds is 6. The summed E-state index contributed by atoms with van der Waals surface area (Å²) in [6.45, 7) is 1.81. The van der Waals surface area contributed by atoms with Crippen LogP contribution in [0.15, 0.2) is 48.5 Å². The number of benzene rings is 2. The lowest BCUT2D eigenvalue weighted by molar-refractivity contribution is 0.107. The van der Waals surface area contributed by atoms with Gasteiger partial charge < -0.3 is 0 Å². The van der Waals surface area contributed by atoms with Crippen molar-refractivity contribution in [3.05, 3.63) is 70.2 Å². The van der Waals surface area contributed by atoms with Crippen LogP contribution in [0.25, 0.3) is 0 Å². The predicted octanol–water partition coefficient (Wildman–Crippen LogP) is 5.25. The van der Waals surface area contributed by atoms with Gasteiger partial charge in [-0.3, -0.25) is 0 Å². The van der Waals surface area contributed by atoms with Crippen molar-refractivity contribution in [2.75, 3.05) is 6.16 Å². The fourth-order valence-electron chi connectivity index (χ4n) is 2.20. The molecule has 2 rings (SSSR count). The zero-order valence-electron chi connectivity index (χ0n) is 11.9. The summed E-state index contributed by atoms with van der Waals surface area (Å²) in [7, 11) is -1.92. The van der Waals surface area contributed by atoms with E-state index in [-0.39, 0.29) is 5.52 Å². The Kier molecular flexibility index (Phi) is 5.67. The van der Waals surface area contributed by atoms with E-state index in [9.17, 15) is 9.36 Å². The summed E-state index contributed by atoms with van der Waals surface area (Å²) in [5, 5.41) is 0.381. The minimum absolute atomic E-state index is 0.332. The first-order chi connectivity index (χ1) is 10.1. The van der Waals surface area contributed by atoms with Crippen molar-refractivity contribution in [2.45, 2.75) is 19.8 Å². The van der Waals surface area contributed by atoms with Crippen molar-refractivity contribution >= 4 is 24.9 Å². The number of hydrogen-bond acceptors (Lipinski definition) is 2. The maximum Gasteiger partial charge on any atom is 0.420 e. The lowest BCUT2D eigenvalue weighted by atomic mass is 10.1. The Bertz CT molecular complexity index is 633. The van der Waals surface area contributed by atoms with Gasteiger partial charge in [-0.15, -0.1) is 0 Å². The largest absolute Gasteiger partial charge is 0.420 e. The van der Waals surface area contributed by atoms with Crippen molar-refractivity contribution < 1.29 is 9.36 Å². The van der Waals surface area contributed by atoms with E-state index in [4.69, 9.17) is 11.6 Å². The quantitative estimate of drug-likeness (QED) is 0.681. The highest BCUT2D eigenvalue weighted by Gasteiger charge is 2.31. The highest BCUT2D eigenvalue weighted by atomic mass is 35.5. The van der Waals surface area contributed by atoms with E-state index in [2.05, 4.69) is 0 Å². The van der Waals surface area contributed by atoms with E-state index in [1.165, 1.54) is 5.56 Å². The molecule has 2 aromatic rings. The minimum atomic E-state index is -1.92. The third-order valence-electron chi connectivity index (χ3n) is 3.33. The van der Waals surface area contributed by atoms with Gasteiger partial charge in [0.15, 0.2) is 6.16 Å². The summed E-state index contributed by atoms with van der Waals surface area (Å²) < 4.78 is 12.2. The van der Waals surface area contributed by atoms with Gasteiger partial charge in [-0.2, -0.15) is 0 Å². The van der Waals surface area contributed by atoms with Crippen LogP contribution in [0, 0.1) is 6.92 Å². The number of aryl methyl sites for hydroxylation is 2. The summed E-state index contributed by atoms with van der Waals surface area (Å²) >= 11 is 6.05. The second-order valence-corrected chi connectivity index (χ2v) is 6.95. The van der Waals surface area contributed by atoms with E-state index in [1.54, 1.807) is 12.1 Å². The van der Waals surface area contributed by atoms with Gasteiger partial charge in [0.25, 0.3) is 0 Å². The Labute approximate surface area is 130 Å². The Morgan fingerprint density at radius 2 is 1.81 bits per heavy atom. The summed E-state index contributed by atoms with van der Waals surface area (Å²) in [5.41, 5.74) is 2.04. The van der Waals surface area contributed by atoms with Crippen LogP contribution in [0.5, 0.6) is 0 Å². The van der Waals surface area contributed by atoms with Gasteiger partial charge >= 0.3 is 13.3 Å². The van der Waals surface area contributed by atoms with Crippen molar-refractivity contribution in [1.82, 2.24) is 0 Å². The fourth-order valence-corrected chi connectivity index (χ4v) is 3.77. The van der Waals surface area contributed by atoms with E-state index >= 15 is 0 Å². The molecule has 0 saturated carbocycles. The molecule has 108 valence electrons. The Hall–Kier alpha value is -1.50. The molecule has 1 atom stereocenters. The smallest absolute Gasteiger partial charge is 0.234 e. The molecular formula is C17H17ClO2P+. The van der Waals surface area contributed by atoms with E-state index in [0.717, 1.165) is 18.4 Å². The van der Waals surface area contributed by atoms with Crippen molar-refractivity contribution in [2.24, 2.45) is 0 Å². The molecule has 1 unspecified atom stereocenters. The molecule has 0 fully saturated rings. The predicted molar refractivity (Wildman–Crippen MR) is 87.8 cm³/mol. The maximum atomic E-state index is 12.3. The number of carbonyl (C=O) groups excluding carboxylic acids is 1. The molecule has 0 N–H and O–H groups in total.